The number of nitrogens with zero attached hydrogens (tertiary/aromatic N) is 1. The molecule has 5 heteroatoms. The summed E-state index contributed by atoms with van der Waals surface area (Å²) < 4.78 is 5.28. The number of nitrogens with one attached hydrogen (secondary N) is 1. The largest absolute Gasteiger partial charge is 0.378 e. The van der Waals surface area contributed by atoms with Gasteiger partial charge in [0.05, 0.1) is 24.5 Å². The first-order valence-corrected chi connectivity index (χ1v) is 8.16. The van der Waals surface area contributed by atoms with E-state index in [1.54, 1.807) is 17.0 Å². The molecule has 122 valence electrons. The number of para-hydroxylation sites is 1. The monoisotopic (exact) mass is 314 g/mol. The van der Waals surface area contributed by atoms with Crippen LogP contribution in [0.3, 0.4) is 0 Å². The minimum absolute atomic E-state index is 0.0382. The molecule has 23 heavy (non-hydrogen) atoms. The SMILES string of the molecule is O=C(CC1C=CCC1)Nc1ccccc1C(=O)N1CCOCC1. The molecule has 0 spiro atoms. The highest BCUT2D eigenvalue weighted by atomic mass is 16.5. The Morgan fingerprint density at radius 1 is 1.22 bits per heavy atom. The highest BCUT2D eigenvalue weighted by Crippen LogP contribution is 2.23. The predicted octanol–water partition coefficient (Wildman–Crippen LogP) is 2.45. The van der Waals surface area contributed by atoms with Crippen LogP contribution in [0, 0.1) is 5.92 Å². The van der Waals surface area contributed by atoms with Gasteiger partial charge in [-0.3, -0.25) is 9.59 Å². The number of ether oxygens (including phenoxy) is 1. The van der Waals surface area contributed by atoms with Gasteiger partial charge < -0.3 is 15.0 Å². The number of amides is 2. The van der Waals surface area contributed by atoms with Crippen LogP contribution in [0.2, 0.25) is 0 Å². The second-order valence-corrected chi connectivity index (χ2v) is 5.97. The Balaban J connectivity index is 1.68. The summed E-state index contributed by atoms with van der Waals surface area (Å²) in [6, 6.07) is 7.21. The van der Waals surface area contributed by atoms with Crippen molar-refractivity contribution < 1.29 is 14.3 Å². The number of benzene rings is 1. The molecule has 2 aliphatic rings. The van der Waals surface area contributed by atoms with Crippen molar-refractivity contribution in [3.8, 4) is 0 Å². The fourth-order valence-electron chi connectivity index (χ4n) is 3.02. The van der Waals surface area contributed by atoms with Crippen molar-refractivity contribution in [1.82, 2.24) is 4.90 Å². The molecule has 0 radical (unpaired) electrons. The number of allylic oxidation sites excluding steroid dienone is 2. The molecule has 1 aliphatic carbocycles. The quantitative estimate of drug-likeness (QED) is 0.869. The van der Waals surface area contributed by atoms with Crippen molar-refractivity contribution in [3.63, 3.8) is 0 Å². The average molecular weight is 314 g/mol. The average Bonchev–Trinajstić information content (AvgIpc) is 3.08. The summed E-state index contributed by atoms with van der Waals surface area (Å²) >= 11 is 0. The second-order valence-electron chi connectivity index (χ2n) is 5.97. The summed E-state index contributed by atoms with van der Waals surface area (Å²) in [4.78, 5) is 26.7. The number of anilines is 1. The lowest BCUT2D eigenvalue weighted by Gasteiger charge is -2.27. The lowest BCUT2D eigenvalue weighted by molar-refractivity contribution is -0.116. The van der Waals surface area contributed by atoms with Crippen LogP contribution in [-0.4, -0.2) is 43.0 Å². The molecule has 3 rings (SSSR count). The van der Waals surface area contributed by atoms with E-state index in [0.29, 0.717) is 49.9 Å². The molecule has 0 saturated carbocycles. The van der Waals surface area contributed by atoms with Gasteiger partial charge in [-0.15, -0.1) is 0 Å². The number of rotatable bonds is 4. The van der Waals surface area contributed by atoms with Crippen molar-refractivity contribution in [2.75, 3.05) is 31.6 Å². The van der Waals surface area contributed by atoms with E-state index in [4.69, 9.17) is 4.74 Å². The summed E-state index contributed by atoms with van der Waals surface area (Å²) in [6.45, 7) is 2.31. The molecule has 1 aliphatic heterocycles. The zero-order valence-corrected chi connectivity index (χ0v) is 13.2. The second kappa shape index (κ2) is 7.42. The summed E-state index contributed by atoms with van der Waals surface area (Å²) in [5.41, 5.74) is 1.14. The Kier molecular flexibility index (Phi) is 5.08. The molecule has 1 N–H and O–H groups in total. The molecule has 1 aromatic rings. The van der Waals surface area contributed by atoms with Crippen LogP contribution in [0.1, 0.15) is 29.6 Å². The Morgan fingerprint density at radius 2 is 2.00 bits per heavy atom. The van der Waals surface area contributed by atoms with Crippen molar-refractivity contribution in [2.24, 2.45) is 5.92 Å². The highest BCUT2D eigenvalue weighted by Gasteiger charge is 2.22. The topological polar surface area (TPSA) is 58.6 Å². The van der Waals surface area contributed by atoms with Gasteiger partial charge in [0.25, 0.3) is 5.91 Å². The zero-order chi connectivity index (χ0) is 16.1. The molecule has 0 aromatic heterocycles. The smallest absolute Gasteiger partial charge is 0.256 e. The standard InChI is InChI=1S/C18H22N2O3/c21-17(13-14-5-1-2-6-14)19-16-8-4-3-7-15(16)18(22)20-9-11-23-12-10-20/h1,3-5,7-8,14H,2,6,9-13H2,(H,19,21). The first kappa shape index (κ1) is 15.7. The van der Waals surface area contributed by atoms with Crippen LogP contribution in [0.15, 0.2) is 36.4 Å². The van der Waals surface area contributed by atoms with E-state index in [1.165, 1.54) is 0 Å². The Bertz CT molecular complexity index is 606. The lowest BCUT2D eigenvalue weighted by atomic mass is 10.0. The summed E-state index contributed by atoms with van der Waals surface area (Å²) in [5.74, 6) is 0.228. The van der Waals surface area contributed by atoms with Gasteiger partial charge in [-0.25, -0.2) is 0 Å². The first-order valence-electron chi connectivity index (χ1n) is 8.16. The molecule has 1 atom stereocenters. The van der Waals surface area contributed by atoms with Gasteiger partial charge in [-0.1, -0.05) is 24.3 Å². The van der Waals surface area contributed by atoms with Gasteiger partial charge in [-0.05, 0) is 30.9 Å². The Morgan fingerprint density at radius 3 is 2.74 bits per heavy atom. The Hall–Kier alpha value is -2.14. The van der Waals surface area contributed by atoms with Crippen molar-refractivity contribution in [2.45, 2.75) is 19.3 Å². The number of carbonyl (C=O) groups is 2. The molecule has 1 aromatic carbocycles. The van der Waals surface area contributed by atoms with E-state index in [2.05, 4.69) is 17.5 Å². The van der Waals surface area contributed by atoms with Crippen LogP contribution in [0.25, 0.3) is 0 Å². The van der Waals surface area contributed by atoms with E-state index in [-0.39, 0.29) is 11.8 Å². The maximum absolute atomic E-state index is 12.7. The van der Waals surface area contributed by atoms with E-state index in [1.807, 2.05) is 12.1 Å². The lowest BCUT2D eigenvalue weighted by Crippen LogP contribution is -2.41. The van der Waals surface area contributed by atoms with E-state index in [0.717, 1.165) is 12.8 Å². The maximum atomic E-state index is 12.7. The predicted molar refractivity (Wildman–Crippen MR) is 88.3 cm³/mol. The molecular formula is C18H22N2O3. The number of hydrogen-bond donors (Lipinski definition) is 1. The van der Waals surface area contributed by atoms with Gasteiger partial charge in [-0.2, -0.15) is 0 Å². The van der Waals surface area contributed by atoms with Crippen LogP contribution >= 0.6 is 0 Å². The summed E-state index contributed by atoms with van der Waals surface area (Å²) in [6.07, 6.45) is 6.76. The van der Waals surface area contributed by atoms with Crippen molar-refractivity contribution >= 4 is 17.5 Å². The van der Waals surface area contributed by atoms with Crippen LogP contribution in [0.5, 0.6) is 0 Å². The van der Waals surface area contributed by atoms with Gasteiger partial charge >= 0.3 is 0 Å². The fourth-order valence-corrected chi connectivity index (χ4v) is 3.02. The molecule has 1 saturated heterocycles. The van der Waals surface area contributed by atoms with Crippen LogP contribution < -0.4 is 5.32 Å². The highest BCUT2D eigenvalue weighted by molar-refractivity contribution is 6.03. The third-order valence-electron chi connectivity index (χ3n) is 4.29. The molecule has 1 unspecified atom stereocenters. The third kappa shape index (κ3) is 3.99. The summed E-state index contributed by atoms with van der Waals surface area (Å²) in [7, 11) is 0. The normalized spacial score (nSPS) is 20.5. The van der Waals surface area contributed by atoms with Gasteiger partial charge in [0.15, 0.2) is 0 Å². The Labute approximate surface area is 136 Å². The molecule has 5 nitrogen and oxygen atoms in total. The minimum Gasteiger partial charge on any atom is -0.378 e. The zero-order valence-electron chi connectivity index (χ0n) is 13.2. The van der Waals surface area contributed by atoms with Crippen LogP contribution in [0.4, 0.5) is 5.69 Å². The number of carbonyl (C=O) groups excluding carboxylic acids is 2. The third-order valence-corrected chi connectivity index (χ3v) is 4.29. The molecule has 2 amide bonds. The molecule has 1 fully saturated rings. The number of morpholine rings is 1. The van der Waals surface area contributed by atoms with E-state index < -0.39 is 0 Å². The minimum atomic E-state index is -0.0510. The van der Waals surface area contributed by atoms with E-state index in [9.17, 15) is 9.59 Å². The van der Waals surface area contributed by atoms with Gasteiger partial charge in [0.1, 0.15) is 0 Å². The van der Waals surface area contributed by atoms with E-state index >= 15 is 0 Å². The van der Waals surface area contributed by atoms with Crippen molar-refractivity contribution in [3.05, 3.63) is 42.0 Å². The van der Waals surface area contributed by atoms with Crippen LogP contribution in [-0.2, 0) is 9.53 Å². The fraction of sp³-hybridized carbons (Fsp3) is 0.444. The molecule has 1 heterocycles. The molecular weight excluding hydrogens is 292 g/mol. The number of hydrogen-bond acceptors (Lipinski definition) is 3. The van der Waals surface area contributed by atoms with Gasteiger partial charge in [0.2, 0.25) is 5.91 Å². The molecule has 0 bridgehead atoms. The summed E-state index contributed by atoms with van der Waals surface area (Å²) in [5, 5.41) is 2.91. The van der Waals surface area contributed by atoms with Crippen molar-refractivity contribution in [1.29, 1.82) is 0 Å². The first-order chi connectivity index (χ1) is 11.2. The van der Waals surface area contributed by atoms with Gasteiger partial charge in [0, 0.05) is 19.5 Å². The maximum Gasteiger partial charge on any atom is 0.256 e.